The number of rotatable bonds is 6. The minimum atomic E-state index is -0.894. The van der Waals surface area contributed by atoms with Crippen molar-refractivity contribution in [2.45, 2.75) is 25.6 Å². The number of hydrogen-bond acceptors (Lipinski definition) is 2. The SMILES string of the molecule is Cc1cccc(CSCC(=O)N(C)C(C)c2ccc(F)c(F)c2)c1. The van der Waals surface area contributed by atoms with Gasteiger partial charge in [0.2, 0.25) is 5.91 Å². The summed E-state index contributed by atoms with van der Waals surface area (Å²) in [6, 6.07) is 11.6. The second kappa shape index (κ2) is 8.29. The van der Waals surface area contributed by atoms with E-state index in [0.29, 0.717) is 11.3 Å². The average Bonchev–Trinajstić information content (AvgIpc) is 2.56. The molecule has 0 bridgehead atoms. The number of carbonyl (C=O) groups is 1. The molecule has 0 spiro atoms. The van der Waals surface area contributed by atoms with Crippen LogP contribution < -0.4 is 0 Å². The molecule has 128 valence electrons. The molecule has 0 aliphatic heterocycles. The van der Waals surface area contributed by atoms with Gasteiger partial charge in [0.1, 0.15) is 0 Å². The van der Waals surface area contributed by atoms with Gasteiger partial charge in [-0.1, -0.05) is 35.9 Å². The Morgan fingerprint density at radius 1 is 1.17 bits per heavy atom. The summed E-state index contributed by atoms with van der Waals surface area (Å²) >= 11 is 1.54. The summed E-state index contributed by atoms with van der Waals surface area (Å²) in [6.07, 6.45) is 0. The van der Waals surface area contributed by atoms with E-state index >= 15 is 0 Å². The molecule has 2 aromatic rings. The molecule has 2 aromatic carbocycles. The van der Waals surface area contributed by atoms with Gasteiger partial charge in [0, 0.05) is 12.8 Å². The van der Waals surface area contributed by atoms with E-state index in [-0.39, 0.29) is 11.9 Å². The van der Waals surface area contributed by atoms with Crippen LogP contribution in [0.15, 0.2) is 42.5 Å². The first-order chi connectivity index (χ1) is 11.4. The molecule has 2 rings (SSSR count). The lowest BCUT2D eigenvalue weighted by Crippen LogP contribution is -2.31. The summed E-state index contributed by atoms with van der Waals surface area (Å²) in [5.74, 6) is -0.702. The molecule has 0 saturated carbocycles. The molecule has 2 nitrogen and oxygen atoms in total. The number of amides is 1. The quantitative estimate of drug-likeness (QED) is 0.752. The van der Waals surface area contributed by atoms with Gasteiger partial charge in [-0.3, -0.25) is 4.79 Å². The van der Waals surface area contributed by atoms with Crippen LogP contribution in [0.4, 0.5) is 8.78 Å². The van der Waals surface area contributed by atoms with Crippen LogP contribution in [0.5, 0.6) is 0 Å². The third kappa shape index (κ3) is 4.81. The Morgan fingerprint density at radius 3 is 2.58 bits per heavy atom. The van der Waals surface area contributed by atoms with Crippen molar-refractivity contribution in [1.82, 2.24) is 4.90 Å². The highest BCUT2D eigenvalue weighted by molar-refractivity contribution is 7.99. The summed E-state index contributed by atoms with van der Waals surface area (Å²) in [6.45, 7) is 3.84. The average molecular weight is 349 g/mol. The Morgan fingerprint density at radius 2 is 1.92 bits per heavy atom. The van der Waals surface area contributed by atoms with Gasteiger partial charge < -0.3 is 4.90 Å². The first kappa shape index (κ1) is 18.5. The number of nitrogens with zero attached hydrogens (tertiary/aromatic N) is 1. The maximum Gasteiger partial charge on any atom is 0.232 e. The van der Waals surface area contributed by atoms with Crippen molar-refractivity contribution < 1.29 is 13.6 Å². The van der Waals surface area contributed by atoms with E-state index in [9.17, 15) is 13.6 Å². The third-order valence-electron chi connectivity index (χ3n) is 3.98. The fourth-order valence-electron chi connectivity index (χ4n) is 2.37. The van der Waals surface area contributed by atoms with Crippen molar-refractivity contribution >= 4 is 17.7 Å². The number of hydrogen-bond donors (Lipinski definition) is 0. The van der Waals surface area contributed by atoms with Crippen LogP contribution >= 0.6 is 11.8 Å². The highest BCUT2D eigenvalue weighted by Crippen LogP contribution is 2.22. The van der Waals surface area contributed by atoms with E-state index in [1.807, 2.05) is 25.1 Å². The first-order valence-electron chi connectivity index (χ1n) is 7.72. The van der Waals surface area contributed by atoms with Gasteiger partial charge in [0.05, 0.1) is 11.8 Å². The summed E-state index contributed by atoms with van der Waals surface area (Å²) in [5.41, 5.74) is 2.96. The van der Waals surface area contributed by atoms with Crippen molar-refractivity contribution in [3.63, 3.8) is 0 Å². The Hall–Kier alpha value is -1.88. The fourth-order valence-corrected chi connectivity index (χ4v) is 3.27. The van der Waals surface area contributed by atoms with Crippen LogP contribution in [0, 0.1) is 18.6 Å². The molecule has 0 radical (unpaired) electrons. The number of thioether (sulfide) groups is 1. The molecule has 0 heterocycles. The Kier molecular flexibility index (Phi) is 6.37. The minimum absolute atomic E-state index is 0.0371. The van der Waals surface area contributed by atoms with Gasteiger partial charge in [0.15, 0.2) is 11.6 Å². The summed E-state index contributed by atoms with van der Waals surface area (Å²) < 4.78 is 26.4. The Bertz CT molecular complexity index is 720. The molecule has 0 aliphatic carbocycles. The predicted molar refractivity (Wildman–Crippen MR) is 94.9 cm³/mol. The smallest absolute Gasteiger partial charge is 0.232 e. The largest absolute Gasteiger partial charge is 0.338 e. The zero-order valence-corrected chi connectivity index (χ0v) is 14.9. The third-order valence-corrected chi connectivity index (χ3v) is 4.97. The van der Waals surface area contributed by atoms with Gasteiger partial charge in [-0.25, -0.2) is 8.78 Å². The highest BCUT2D eigenvalue weighted by Gasteiger charge is 2.18. The monoisotopic (exact) mass is 349 g/mol. The van der Waals surface area contributed by atoms with E-state index in [0.717, 1.165) is 17.9 Å². The van der Waals surface area contributed by atoms with Crippen LogP contribution in [0.3, 0.4) is 0 Å². The standard InChI is InChI=1S/C19H21F2NOS/c1-13-5-4-6-15(9-13)11-24-12-19(23)22(3)14(2)16-7-8-17(20)18(21)10-16/h4-10,14H,11-12H2,1-3H3. The molecule has 5 heteroatoms. The molecule has 0 aliphatic rings. The van der Waals surface area contributed by atoms with Crippen molar-refractivity contribution in [3.8, 4) is 0 Å². The second-order valence-electron chi connectivity index (χ2n) is 5.84. The maximum atomic E-state index is 13.3. The first-order valence-corrected chi connectivity index (χ1v) is 8.88. The lowest BCUT2D eigenvalue weighted by molar-refractivity contribution is -0.128. The van der Waals surface area contributed by atoms with E-state index in [1.165, 1.54) is 17.2 Å². The highest BCUT2D eigenvalue weighted by atomic mass is 32.2. The summed E-state index contributed by atoms with van der Waals surface area (Å²) in [4.78, 5) is 13.9. The topological polar surface area (TPSA) is 20.3 Å². The van der Waals surface area contributed by atoms with Gasteiger partial charge in [-0.2, -0.15) is 0 Å². The molecular weight excluding hydrogens is 328 g/mol. The number of halogens is 2. The molecule has 24 heavy (non-hydrogen) atoms. The molecular formula is C19H21F2NOS. The Labute approximate surface area is 145 Å². The Balaban J connectivity index is 1.90. The van der Waals surface area contributed by atoms with Crippen LogP contribution in [0.1, 0.15) is 29.7 Å². The van der Waals surface area contributed by atoms with Crippen LogP contribution in [0.25, 0.3) is 0 Å². The molecule has 0 saturated heterocycles. The normalized spacial score (nSPS) is 12.0. The lowest BCUT2D eigenvalue weighted by Gasteiger charge is -2.25. The van der Waals surface area contributed by atoms with E-state index in [2.05, 4.69) is 6.07 Å². The number of carbonyl (C=O) groups excluding carboxylic acids is 1. The van der Waals surface area contributed by atoms with E-state index in [1.54, 1.807) is 30.6 Å². The molecule has 0 N–H and O–H groups in total. The fraction of sp³-hybridized carbons (Fsp3) is 0.316. The van der Waals surface area contributed by atoms with Crippen molar-refractivity contribution in [2.24, 2.45) is 0 Å². The van der Waals surface area contributed by atoms with Gasteiger partial charge in [-0.15, -0.1) is 11.8 Å². The number of aryl methyl sites for hydroxylation is 1. The zero-order chi connectivity index (χ0) is 17.7. The maximum absolute atomic E-state index is 13.3. The second-order valence-corrected chi connectivity index (χ2v) is 6.82. The van der Waals surface area contributed by atoms with Gasteiger partial charge >= 0.3 is 0 Å². The van der Waals surface area contributed by atoms with Crippen molar-refractivity contribution in [1.29, 1.82) is 0 Å². The van der Waals surface area contributed by atoms with Crippen molar-refractivity contribution in [2.75, 3.05) is 12.8 Å². The lowest BCUT2D eigenvalue weighted by atomic mass is 10.1. The molecule has 0 aromatic heterocycles. The van der Waals surface area contributed by atoms with E-state index < -0.39 is 11.6 Å². The molecule has 1 amide bonds. The van der Waals surface area contributed by atoms with Crippen LogP contribution in [-0.2, 0) is 10.5 Å². The van der Waals surface area contributed by atoms with Crippen LogP contribution in [-0.4, -0.2) is 23.6 Å². The summed E-state index contributed by atoms with van der Waals surface area (Å²) in [5, 5.41) is 0. The van der Waals surface area contributed by atoms with Gasteiger partial charge in [-0.05, 0) is 37.1 Å². The number of benzene rings is 2. The molecule has 0 fully saturated rings. The molecule has 1 unspecified atom stereocenters. The predicted octanol–water partition coefficient (Wildman–Crippen LogP) is 4.73. The van der Waals surface area contributed by atoms with Crippen molar-refractivity contribution in [3.05, 3.63) is 70.8 Å². The van der Waals surface area contributed by atoms with Gasteiger partial charge in [0.25, 0.3) is 0 Å². The molecule has 1 atom stereocenters. The zero-order valence-electron chi connectivity index (χ0n) is 14.1. The minimum Gasteiger partial charge on any atom is -0.338 e. The van der Waals surface area contributed by atoms with Crippen LogP contribution in [0.2, 0.25) is 0 Å². The van der Waals surface area contributed by atoms with E-state index in [4.69, 9.17) is 0 Å². The summed E-state index contributed by atoms with van der Waals surface area (Å²) in [7, 11) is 1.68.